The van der Waals surface area contributed by atoms with Crippen LogP contribution in [0.4, 0.5) is 0 Å². The quantitative estimate of drug-likeness (QED) is 0.888. The zero-order chi connectivity index (χ0) is 15.8. The second-order valence-electron chi connectivity index (χ2n) is 6.50. The smallest absolute Gasteiger partial charge is 0.307 e. The van der Waals surface area contributed by atoms with Gasteiger partial charge in [0.25, 0.3) is 5.91 Å². The van der Waals surface area contributed by atoms with Gasteiger partial charge in [-0.2, -0.15) is 5.10 Å². The second kappa shape index (κ2) is 5.50. The lowest BCUT2D eigenvalue weighted by Crippen LogP contribution is -2.52. The van der Waals surface area contributed by atoms with Gasteiger partial charge in [0.1, 0.15) is 5.69 Å². The van der Waals surface area contributed by atoms with Crippen LogP contribution in [-0.2, 0) is 11.8 Å². The number of hydrogen-bond acceptors (Lipinski definition) is 3. The first-order valence-corrected chi connectivity index (χ1v) is 7.26. The van der Waals surface area contributed by atoms with Crippen LogP contribution in [0, 0.1) is 17.3 Å². The fourth-order valence-electron chi connectivity index (χ4n) is 3.28. The monoisotopic (exact) mass is 293 g/mol. The number of aromatic nitrogens is 2. The van der Waals surface area contributed by atoms with Crippen LogP contribution in [-0.4, -0.2) is 32.8 Å². The van der Waals surface area contributed by atoms with Crippen LogP contribution >= 0.6 is 0 Å². The SMILES string of the molecule is CC1C(NC(=O)c2ccnn2C)CCC(C(=O)O)C1(C)C. The van der Waals surface area contributed by atoms with Gasteiger partial charge >= 0.3 is 5.97 Å². The molecule has 1 heterocycles. The molecule has 1 saturated carbocycles. The Balaban J connectivity index is 2.11. The summed E-state index contributed by atoms with van der Waals surface area (Å²) in [6, 6.07) is 1.66. The Morgan fingerprint density at radius 1 is 1.43 bits per heavy atom. The minimum absolute atomic E-state index is 0.0157. The number of carboxylic acids is 1. The Kier molecular flexibility index (Phi) is 4.07. The summed E-state index contributed by atoms with van der Waals surface area (Å²) in [5.74, 6) is -1.18. The molecular formula is C15H23N3O3. The van der Waals surface area contributed by atoms with E-state index >= 15 is 0 Å². The maximum atomic E-state index is 12.3. The van der Waals surface area contributed by atoms with E-state index in [2.05, 4.69) is 10.4 Å². The van der Waals surface area contributed by atoms with E-state index in [1.165, 1.54) is 4.68 Å². The molecule has 6 nitrogen and oxygen atoms in total. The van der Waals surface area contributed by atoms with Crippen molar-refractivity contribution in [3.8, 4) is 0 Å². The number of rotatable bonds is 3. The van der Waals surface area contributed by atoms with Gasteiger partial charge in [0.15, 0.2) is 0 Å². The summed E-state index contributed by atoms with van der Waals surface area (Å²) in [7, 11) is 1.73. The minimum Gasteiger partial charge on any atom is -0.481 e. The standard InChI is InChI=1S/C15H23N3O3/c1-9-11(6-5-10(14(20)21)15(9,2)3)17-13(19)12-7-8-16-18(12)4/h7-11H,5-6H2,1-4H3,(H,17,19)(H,20,21). The van der Waals surface area contributed by atoms with Gasteiger partial charge in [0.2, 0.25) is 0 Å². The molecule has 0 bridgehead atoms. The van der Waals surface area contributed by atoms with E-state index in [1.807, 2.05) is 20.8 Å². The Hall–Kier alpha value is -1.85. The van der Waals surface area contributed by atoms with Crippen molar-refractivity contribution in [3.05, 3.63) is 18.0 Å². The molecule has 1 aliphatic rings. The van der Waals surface area contributed by atoms with Crippen LogP contribution in [0.1, 0.15) is 44.1 Å². The van der Waals surface area contributed by atoms with Crippen molar-refractivity contribution in [1.29, 1.82) is 0 Å². The first kappa shape index (κ1) is 15.5. The summed E-state index contributed by atoms with van der Waals surface area (Å²) in [6.07, 6.45) is 2.86. The number of nitrogens with zero attached hydrogens (tertiary/aromatic N) is 2. The van der Waals surface area contributed by atoms with E-state index in [4.69, 9.17) is 0 Å². The van der Waals surface area contributed by atoms with Crippen molar-refractivity contribution in [2.24, 2.45) is 24.3 Å². The van der Waals surface area contributed by atoms with E-state index in [0.717, 1.165) is 0 Å². The predicted octanol–water partition coefficient (Wildman–Crippen LogP) is 1.68. The molecule has 0 radical (unpaired) electrons. The van der Waals surface area contributed by atoms with Gasteiger partial charge in [-0.05, 0) is 30.2 Å². The molecular weight excluding hydrogens is 270 g/mol. The summed E-state index contributed by atoms with van der Waals surface area (Å²) in [5, 5.41) is 16.4. The first-order chi connectivity index (χ1) is 9.75. The lowest BCUT2D eigenvalue weighted by molar-refractivity contribution is -0.150. The summed E-state index contributed by atoms with van der Waals surface area (Å²) in [6.45, 7) is 5.96. The lowest BCUT2D eigenvalue weighted by Gasteiger charge is -2.46. The highest BCUT2D eigenvalue weighted by atomic mass is 16.4. The highest BCUT2D eigenvalue weighted by molar-refractivity contribution is 5.92. The van der Waals surface area contributed by atoms with Gasteiger partial charge in [-0.3, -0.25) is 14.3 Å². The zero-order valence-corrected chi connectivity index (χ0v) is 13.0. The van der Waals surface area contributed by atoms with E-state index in [-0.39, 0.29) is 29.2 Å². The van der Waals surface area contributed by atoms with Crippen LogP contribution in [0.3, 0.4) is 0 Å². The van der Waals surface area contributed by atoms with Gasteiger partial charge in [-0.15, -0.1) is 0 Å². The Labute approximate surface area is 124 Å². The Morgan fingerprint density at radius 2 is 2.10 bits per heavy atom. The largest absolute Gasteiger partial charge is 0.481 e. The third kappa shape index (κ3) is 2.80. The fraction of sp³-hybridized carbons (Fsp3) is 0.667. The number of carboxylic acid groups (broad SMARTS) is 1. The average Bonchev–Trinajstić information content (AvgIpc) is 2.81. The number of carbonyl (C=O) groups is 2. The maximum absolute atomic E-state index is 12.3. The van der Waals surface area contributed by atoms with Crippen LogP contribution in [0.5, 0.6) is 0 Å². The van der Waals surface area contributed by atoms with Gasteiger partial charge in [0, 0.05) is 19.3 Å². The molecule has 0 saturated heterocycles. The van der Waals surface area contributed by atoms with Crippen molar-refractivity contribution in [3.63, 3.8) is 0 Å². The van der Waals surface area contributed by atoms with Crippen LogP contribution in [0.15, 0.2) is 12.3 Å². The van der Waals surface area contributed by atoms with Crippen LogP contribution in [0.25, 0.3) is 0 Å². The summed E-state index contributed by atoms with van der Waals surface area (Å²) >= 11 is 0. The fourth-order valence-corrected chi connectivity index (χ4v) is 3.28. The molecule has 3 unspecified atom stereocenters. The molecule has 1 aliphatic carbocycles. The van der Waals surface area contributed by atoms with Crippen molar-refractivity contribution in [1.82, 2.24) is 15.1 Å². The van der Waals surface area contributed by atoms with Crippen LogP contribution < -0.4 is 5.32 Å². The van der Waals surface area contributed by atoms with Gasteiger partial charge in [-0.25, -0.2) is 0 Å². The average molecular weight is 293 g/mol. The number of amides is 1. The predicted molar refractivity (Wildman–Crippen MR) is 77.8 cm³/mol. The Morgan fingerprint density at radius 3 is 2.62 bits per heavy atom. The lowest BCUT2D eigenvalue weighted by atomic mass is 9.61. The maximum Gasteiger partial charge on any atom is 0.307 e. The first-order valence-electron chi connectivity index (χ1n) is 7.26. The second-order valence-corrected chi connectivity index (χ2v) is 6.50. The molecule has 3 atom stereocenters. The molecule has 0 spiro atoms. The van der Waals surface area contributed by atoms with E-state index in [0.29, 0.717) is 18.5 Å². The molecule has 0 aliphatic heterocycles. The molecule has 6 heteroatoms. The number of carbonyl (C=O) groups excluding carboxylic acids is 1. The molecule has 0 aromatic carbocycles. The Bertz CT molecular complexity index is 550. The number of aliphatic carboxylic acids is 1. The van der Waals surface area contributed by atoms with E-state index < -0.39 is 5.97 Å². The van der Waals surface area contributed by atoms with E-state index in [9.17, 15) is 14.7 Å². The summed E-state index contributed by atoms with van der Waals surface area (Å²) in [5.41, 5.74) is 0.162. The van der Waals surface area contributed by atoms with Crippen molar-refractivity contribution in [2.75, 3.05) is 0 Å². The number of hydrogen-bond donors (Lipinski definition) is 2. The van der Waals surface area contributed by atoms with Crippen molar-refractivity contribution < 1.29 is 14.7 Å². The highest BCUT2D eigenvalue weighted by Crippen LogP contribution is 2.45. The van der Waals surface area contributed by atoms with E-state index in [1.54, 1.807) is 19.3 Å². The zero-order valence-electron chi connectivity index (χ0n) is 13.0. The van der Waals surface area contributed by atoms with Crippen LogP contribution in [0.2, 0.25) is 0 Å². The van der Waals surface area contributed by atoms with Gasteiger partial charge in [-0.1, -0.05) is 20.8 Å². The number of aryl methyl sites for hydroxylation is 1. The highest BCUT2D eigenvalue weighted by Gasteiger charge is 2.46. The molecule has 116 valence electrons. The summed E-state index contributed by atoms with van der Waals surface area (Å²) in [4.78, 5) is 23.7. The van der Waals surface area contributed by atoms with Gasteiger partial charge < -0.3 is 10.4 Å². The van der Waals surface area contributed by atoms with Crippen molar-refractivity contribution in [2.45, 2.75) is 39.7 Å². The third-order valence-electron chi connectivity index (χ3n) is 5.11. The van der Waals surface area contributed by atoms with Gasteiger partial charge in [0.05, 0.1) is 5.92 Å². The molecule has 1 aromatic heterocycles. The van der Waals surface area contributed by atoms with Crippen molar-refractivity contribution >= 4 is 11.9 Å². The molecule has 1 aromatic rings. The number of nitrogens with one attached hydrogen (secondary N) is 1. The molecule has 2 rings (SSSR count). The topological polar surface area (TPSA) is 84.2 Å². The molecule has 2 N–H and O–H groups in total. The molecule has 21 heavy (non-hydrogen) atoms. The molecule has 1 fully saturated rings. The normalized spacial score (nSPS) is 28.1. The molecule has 1 amide bonds. The minimum atomic E-state index is -0.747. The third-order valence-corrected chi connectivity index (χ3v) is 5.11. The summed E-state index contributed by atoms with van der Waals surface area (Å²) < 4.78 is 1.54.